The third-order valence-corrected chi connectivity index (χ3v) is 3.61. The molecule has 20 heavy (non-hydrogen) atoms. The number of hydrogen-bond acceptors (Lipinski definition) is 3. The number of carbonyl (C=O) groups excluding carboxylic acids is 1. The molecule has 110 valence electrons. The van der Waals surface area contributed by atoms with Crippen molar-refractivity contribution in [3.8, 4) is 0 Å². The van der Waals surface area contributed by atoms with Crippen LogP contribution in [-0.2, 0) is 0 Å². The molecule has 2 unspecified atom stereocenters. The van der Waals surface area contributed by atoms with Crippen LogP contribution in [0.4, 0.5) is 14.5 Å². The summed E-state index contributed by atoms with van der Waals surface area (Å²) in [7, 11) is 0. The Hall–Kier alpha value is -1.69. The molecule has 1 aromatic rings. The topological polar surface area (TPSA) is 75.4 Å². The number of nitrogens with two attached hydrogens (primary N) is 1. The van der Waals surface area contributed by atoms with E-state index in [1.165, 1.54) is 0 Å². The first-order valence-electron chi connectivity index (χ1n) is 6.72. The first-order chi connectivity index (χ1) is 9.49. The Kier molecular flexibility index (Phi) is 4.54. The molecule has 6 heteroatoms. The quantitative estimate of drug-likeness (QED) is 0.574. The highest BCUT2D eigenvalue weighted by atomic mass is 19.1. The lowest BCUT2D eigenvalue weighted by Gasteiger charge is -2.22. The van der Waals surface area contributed by atoms with Gasteiger partial charge in [-0.1, -0.05) is 19.3 Å². The number of carbonyl (C=O) groups is 1. The van der Waals surface area contributed by atoms with E-state index in [4.69, 9.17) is 5.73 Å². The van der Waals surface area contributed by atoms with Crippen LogP contribution in [0.1, 0.15) is 42.5 Å². The van der Waals surface area contributed by atoms with Crippen molar-refractivity contribution in [3.05, 3.63) is 29.3 Å². The first kappa shape index (κ1) is 14.7. The van der Waals surface area contributed by atoms with Crippen LogP contribution in [0.25, 0.3) is 0 Å². The van der Waals surface area contributed by atoms with Crippen LogP contribution in [0.15, 0.2) is 12.1 Å². The van der Waals surface area contributed by atoms with Gasteiger partial charge in [-0.2, -0.15) is 0 Å². The lowest BCUT2D eigenvalue weighted by Crippen LogP contribution is -2.43. The standard InChI is InChI=1S/C14H18F2N2O2/c15-8-6-9(13(16)10(17)7-8)14(20)18-11-4-2-1-3-5-12(11)19/h6-7,11-12,19H,1-5,17H2,(H,18,20). The minimum atomic E-state index is -0.938. The molecule has 0 saturated heterocycles. The normalized spacial score (nSPS) is 23.1. The van der Waals surface area contributed by atoms with E-state index in [-0.39, 0.29) is 0 Å². The lowest BCUT2D eigenvalue weighted by molar-refractivity contribution is 0.0815. The van der Waals surface area contributed by atoms with E-state index >= 15 is 0 Å². The fraction of sp³-hybridized carbons (Fsp3) is 0.500. The largest absolute Gasteiger partial charge is 0.396 e. The highest BCUT2D eigenvalue weighted by Gasteiger charge is 2.25. The van der Waals surface area contributed by atoms with Crippen LogP contribution in [0.3, 0.4) is 0 Å². The molecule has 0 bridgehead atoms. The van der Waals surface area contributed by atoms with E-state index in [1.54, 1.807) is 0 Å². The Bertz CT molecular complexity index is 508. The minimum Gasteiger partial charge on any atom is -0.396 e. The number of benzene rings is 1. The van der Waals surface area contributed by atoms with Crippen molar-refractivity contribution in [3.63, 3.8) is 0 Å². The zero-order chi connectivity index (χ0) is 14.7. The van der Waals surface area contributed by atoms with Crippen LogP contribution < -0.4 is 11.1 Å². The van der Waals surface area contributed by atoms with Crippen LogP contribution in [0.5, 0.6) is 0 Å². The monoisotopic (exact) mass is 284 g/mol. The maximum Gasteiger partial charge on any atom is 0.254 e. The predicted octanol–water partition coefficient (Wildman–Crippen LogP) is 1.97. The Morgan fingerprint density at radius 3 is 2.70 bits per heavy atom. The van der Waals surface area contributed by atoms with Gasteiger partial charge >= 0.3 is 0 Å². The van der Waals surface area contributed by atoms with E-state index < -0.39 is 40.9 Å². The van der Waals surface area contributed by atoms with Crippen molar-refractivity contribution in [1.29, 1.82) is 0 Å². The van der Waals surface area contributed by atoms with Gasteiger partial charge in [0.15, 0.2) is 5.82 Å². The molecule has 4 nitrogen and oxygen atoms in total. The molecule has 0 heterocycles. The summed E-state index contributed by atoms with van der Waals surface area (Å²) in [5.74, 6) is -2.46. The molecule has 1 aliphatic rings. The molecule has 0 spiro atoms. The number of anilines is 1. The minimum absolute atomic E-state index is 0.406. The summed E-state index contributed by atoms with van der Waals surface area (Å²) in [6, 6.07) is 1.20. The molecule has 1 saturated carbocycles. The van der Waals surface area contributed by atoms with Gasteiger partial charge in [-0.3, -0.25) is 4.79 Å². The molecule has 4 N–H and O–H groups in total. The number of nitrogens with one attached hydrogen (secondary N) is 1. The van der Waals surface area contributed by atoms with Crippen molar-refractivity contribution in [1.82, 2.24) is 5.32 Å². The summed E-state index contributed by atoms with van der Waals surface area (Å²) in [5, 5.41) is 12.5. The van der Waals surface area contributed by atoms with Gasteiger partial charge in [-0.05, 0) is 25.0 Å². The van der Waals surface area contributed by atoms with Gasteiger partial charge in [-0.15, -0.1) is 0 Å². The maximum absolute atomic E-state index is 13.7. The van der Waals surface area contributed by atoms with Gasteiger partial charge in [0.05, 0.1) is 23.4 Å². The zero-order valence-electron chi connectivity index (χ0n) is 11.0. The number of halogens is 2. The van der Waals surface area contributed by atoms with Gasteiger partial charge in [0.2, 0.25) is 0 Å². The van der Waals surface area contributed by atoms with Crippen LogP contribution >= 0.6 is 0 Å². The smallest absolute Gasteiger partial charge is 0.254 e. The molecular weight excluding hydrogens is 266 g/mol. The van der Waals surface area contributed by atoms with Crippen LogP contribution in [0, 0.1) is 11.6 Å². The van der Waals surface area contributed by atoms with Gasteiger partial charge in [0, 0.05) is 0 Å². The van der Waals surface area contributed by atoms with Gasteiger partial charge in [0.1, 0.15) is 5.82 Å². The molecule has 2 rings (SSSR count). The van der Waals surface area contributed by atoms with Crippen molar-refractivity contribution in [2.45, 2.75) is 44.2 Å². The maximum atomic E-state index is 13.7. The molecule has 0 aromatic heterocycles. The Labute approximate surface area is 116 Å². The summed E-state index contributed by atoms with van der Waals surface area (Å²) in [6.07, 6.45) is 3.34. The molecular formula is C14H18F2N2O2. The summed E-state index contributed by atoms with van der Waals surface area (Å²) in [4.78, 5) is 12.0. The van der Waals surface area contributed by atoms with Crippen molar-refractivity contribution in [2.24, 2.45) is 0 Å². The molecule has 1 aliphatic carbocycles. The summed E-state index contributed by atoms with van der Waals surface area (Å²) in [6.45, 7) is 0. The third kappa shape index (κ3) is 3.25. The Balaban J connectivity index is 2.15. The number of nitrogen functional groups attached to an aromatic ring is 1. The highest BCUT2D eigenvalue weighted by molar-refractivity contribution is 5.95. The van der Waals surface area contributed by atoms with Crippen LogP contribution in [0.2, 0.25) is 0 Å². The van der Waals surface area contributed by atoms with Crippen molar-refractivity contribution < 1.29 is 18.7 Å². The molecule has 2 atom stereocenters. The molecule has 0 radical (unpaired) electrons. The van der Waals surface area contributed by atoms with Crippen molar-refractivity contribution >= 4 is 11.6 Å². The molecule has 1 aromatic carbocycles. The van der Waals surface area contributed by atoms with E-state index in [0.717, 1.165) is 31.4 Å². The highest BCUT2D eigenvalue weighted by Crippen LogP contribution is 2.20. The number of aliphatic hydroxyl groups is 1. The Morgan fingerprint density at radius 2 is 1.95 bits per heavy atom. The first-order valence-corrected chi connectivity index (χ1v) is 6.72. The summed E-state index contributed by atoms with van der Waals surface area (Å²) in [5.41, 5.74) is 4.46. The predicted molar refractivity (Wildman–Crippen MR) is 71.1 cm³/mol. The number of amides is 1. The Morgan fingerprint density at radius 1 is 1.25 bits per heavy atom. The van der Waals surface area contributed by atoms with Gasteiger partial charge in [-0.25, -0.2) is 8.78 Å². The number of rotatable bonds is 2. The molecule has 0 aliphatic heterocycles. The SMILES string of the molecule is Nc1cc(F)cc(C(=O)NC2CCCCCC2O)c1F. The molecule has 1 amide bonds. The summed E-state index contributed by atoms with van der Waals surface area (Å²) < 4.78 is 27.0. The van der Waals surface area contributed by atoms with E-state index in [1.807, 2.05) is 0 Å². The van der Waals surface area contributed by atoms with Crippen LogP contribution in [-0.4, -0.2) is 23.2 Å². The average Bonchev–Trinajstić information content (AvgIpc) is 2.59. The van der Waals surface area contributed by atoms with Gasteiger partial charge < -0.3 is 16.2 Å². The fourth-order valence-electron chi connectivity index (χ4n) is 2.48. The fourth-order valence-corrected chi connectivity index (χ4v) is 2.48. The number of aliphatic hydroxyl groups excluding tert-OH is 1. The average molecular weight is 284 g/mol. The van der Waals surface area contributed by atoms with Gasteiger partial charge in [0.25, 0.3) is 5.91 Å². The second-order valence-corrected chi connectivity index (χ2v) is 5.14. The zero-order valence-corrected chi connectivity index (χ0v) is 11.0. The second kappa shape index (κ2) is 6.17. The summed E-state index contributed by atoms with van der Waals surface area (Å²) >= 11 is 0. The van der Waals surface area contributed by atoms with E-state index in [9.17, 15) is 18.7 Å². The number of hydrogen-bond donors (Lipinski definition) is 3. The third-order valence-electron chi connectivity index (χ3n) is 3.61. The lowest BCUT2D eigenvalue weighted by atomic mass is 10.0. The van der Waals surface area contributed by atoms with E-state index in [0.29, 0.717) is 12.8 Å². The van der Waals surface area contributed by atoms with Crippen molar-refractivity contribution in [2.75, 3.05) is 5.73 Å². The van der Waals surface area contributed by atoms with E-state index in [2.05, 4.69) is 5.32 Å². The second-order valence-electron chi connectivity index (χ2n) is 5.14. The molecule has 1 fully saturated rings.